The molecule has 0 spiro atoms. The minimum atomic E-state index is -2.40. The quantitative estimate of drug-likeness (QED) is 0.164. The van der Waals surface area contributed by atoms with Crippen molar-refractivity contribution in [3.8, 4) is 0 Å². The monoisotopic (exact) mass is 454 g/mol. The van der Waals surface area contributed by atoms with Crippen LogP contribution in [0.4, 0.5) is 22.0 Å². The number of carbonyl (C=O) groups is 2. The lowest BCUT2D eigenvalue weighted by Crippen LogP contribution is -2.40. The van der Waals surface area contributed by atoms with Crippen molar-refractivity contribution in [1.29, 1.82) is 0 Å². The van der Waals surface area contributed by atoms with Crippen molar-refractivity contribution in [3.63, 3.8) is 0 Å². The van der Waals surface area contributed by atoms with Crippen LogP contribution < -0.4 is 0 Å². The highest BCUT2D eigenvalue weighted by atomic mass is 19.2. The Hall–Kier alpha value is -3.30. The van der Waals surface area contributed by atoms with Gasteiger partial charge in [-0.2, -0.15) is 0 Å². The average Bonchev–Trinajstić information content (AvgIpc) is 2.81. The van der Waals surface area contributed by atoms with Crippen molar-refractivity contribution >= 4 is 17.6 Å². The molecule has 0 aliphatic carbocycles. The van der Waals surface area contributed by atoms with Gasteiger partial charge in [-0.25, -0.2) is 26.7 Å². The van der Waals surface area contributed by atoms with Gasteiger partial charge in [0.1, 0.15) is 11.5 Å². The van der Waals surface area contributed by atoms with Crippen LogP contribution in [0.3, 0.4) is 0 Å². The summed E-state index contributed by atoms with van der Waals surface area (Å²) in [7, 11) is 0. The highest BCUT2D eigenvalue weighted by Crippen LogP contribution is 2.25. The molecule has 0 N–H and O–H groups in total. The average molecular weight is 454 g/mol. The minimum Gasteiger partial charge on any atom is -0.342 e. The third-order valence-corrected chi connectivity index (χ3v) is 5.15. The van der Waals surface area contributed by atoms with E-state index < -0.39 is 46.5 Å². The molecule has 3 rings (SSSR count). The van der Waals surface area contributed by atoms with Crippen molar-refractivity contribution in [3.05, 3.63) is 70.5 Å². The molecule has 0 radical (unpaired) electrons. The lowest BCUT2D eigenvalue weighted by molar-refractivity contribution is -0.132. The standard InChI is InChI=1S/C22H19F5N2O3/c1-12(28-32-22(31)15-16(23)18(25)20(27)19(26)17(15)24)14(13-8-4-2-5-9-13)21(30)29-10-6-3-7-11-29/h2,4-5,8-9,14H,3,6-7,10-11H2,1H3/b28-12+. The summed E-state index contributed by atoms with van der Waals surface area (Å²) in [4.78, 5) is 31.3. The number of hydrogen-bond acceptors (Lipinski definition) is 4. The Morgan fingerprint density at radius 2 is 1.41 bits per heavy atom. The molecule has 2 aromatic rings. The molecule has 1 atom stereocenters. The van der Waals surface area contributed by atoms with Crippen molar-refractivity contribution in [1.82, 2.24) is 4.90 Å². The van der Waals surface area contributed by atoms with Gasteiger partial charge in [0.25, 0.3) is 0 Å². The second-order valence-electron chi connectivity index (χ2n) is 7.29. The maximum Gasteiger partial charge on any atom is 0.371 e. The van der Waals surface area contributed by atoms with E-state index in [1.165, 1.54) is 6.92 Å². The van der Waals surface area contributed by atoms with Gasteiger partial charge >= 0.3 is 5.97 Å². The summed E-state index contributed by atoms with van der Waals surface area (Å²) in [6, 6.07) is 8.45. The van der Waals surface area contributed by atoms with Crippen molar-refractivity contribution in [2.75, 3.05) is 13.1 Å². The number of halogens is 5. The van der Waals surface area contributed by atoms with E-state index >= 15 is 0 Å². The van der Waals surface area contributed by atoms with Crippen LogP contribution in [-0.4, -0.2) is 35.6 Å². The predicted molar refractivity (Wildman–Crippen MR) is 104 cm³/mol. The molecule has 1 aliphatic rings. The number of benzene rings is 2. The molecule has 170 valence electrons. The predicted octanol–water partition coefficient (Wildman–Crippen LogP) is 4.71. The van der Waals surface area contributed by atoms with E-state index in [1.54, 1.807) is 35.2 Å². The minimum absolute atomic E-state index is 0.0241. The molecular formula is C22H19F5N2O3. The topological polar surface area (TPSA) is 59.0 Å². The maximum atomic E-state index is 13.8. The Balaban J connectivity index is 1.90. The second kappa shape index (κ2) is 9.88. The molecule has 0 bridgehead atoms. The van der Waals surface area contributed by atoms with Gasteiger partial charge < -0.3 is 9.74 Å². The molecule has 1 saturated heterocycles. The number of hydrogen-bond donors (Lipinski definition) is 0. The third-order valence-electron chi connectivity index (χ3n) is 5.15. The lowest BCUT2D eigenvalue weighted by atomic mass is 9.92. The number of oxime groups is 1. The first kappa shape index (κ1) is 23.4. The van der Waals surface area contributed by atoms with E-state index in [0.29, 0.717) is 18.7 Å². The molecule has 0 saturated carbocycles. The molecule has 1 fully saturated rings. The fourth-order valence-electron chi connectivity index (χ4n) is 3.50. The molecule has 0 aromatic heterocycles. The smallest absolute Gasteiger partial charge is 0.342 e. The number of likely N-dealkylation sites (tertiary alicyclic amines) is 1. The fraction of sp³-hybridized carbons (Fsp3) is 0.318. The third kappa shape index (κ3) is 4.63. The van der Waals surface area contributed by atoms with Gasteiger partial charge in [0.2, 0.25) is 11.7 Å². The summed E-state index contributed by atoms with van der Waals surface area (Å²) in [6.45, 7) is 2.45. The second-order valence-corrected chi connectivity index (χ2v) is 7.29. The first-order valence-electron chi connectivity index (χ1n) is 9.85. The van der Waals surface area contributed by atoms with Crippen LogP contribution >= 0.6 is 0 Å². The van der Waals surface area contributed by atoms with Gasteiger partial charge in [0, 0.05) is 13.1 Å². The van der Waals surface area contributed by atoms with E-state index in [2.05, 4.69) is 9.99 Å². The fourth-order valence-corrected chi connectivity index (χ4v) is 3.50. The SMILES string of the molecule is C/C(=N\OC(=O)c1c(F)c(F)c(F)c(F)c1F)C(C(=O)N1CCCCC1)c1ccccc1. The van der Waals surface area contributed by atoms with Crippen molar-refractivity contribution in [2.45, 2.75) is 32.1 Å². The molecule has 1 unspecified atom stereocenters. The number of carbonyl (C=O) groups excluding carboxylic acids is 2. The van der Waals surface area contributed by atoms with Crippen molar-refractivity contribution in [2.24, 2.45) is 5.16 Å². The Kier molecular flexibility index (Phi) is 7.22. The highest BCUT2D eigenvalue weighted by molar-refractivity contribution is 6.08. The first-order valence-corrected chi connectivity index (χ1v) is 9.85. The zero-order valence-electron chi connectivity index (χ0n) is 17.0. The molecule has 1 aliphatic heterocycles. The number of nitrogens with zero attached hydrogens (tertiary/aromatic N) is 2. The van der Waals surface area contributed by atoms with Gasteiger partial charge in [-0.1, -0.05) is 35.5 Å². The summed E-state index contributed by atoms with van der Waals surface area (Å²) in [5, 5.41) is 3.50. The maximum absolute atomic E-state index is 13.8. The van der Waals surface area contributed by atoms with Gasteiger partial charge in [0.05, 0.1) is 5.71 Å². The van der Waals surface area contributed by atoms with Gasteiger partial charge in [-0.15, -0.1) is 0 Å². The number of amides is 1. The van der Waals surface area contributed by atoms with Crippen LogP contribution in [0.5, 0.6) is 0 Å². The zero-order chi connectivity index (χ0) is 23.4. The molecule has 10 heteroatoms. The van der Waals surface area contributed by atoms with E-state index in [-0.39, 0.29) is 11.6 Å². The molecule has 1 amide bonds. The Bertz CT molecular complexity index is 1020. The van der Waals surface area contributed by atoms with E-state index in [0.717, 1.165) is 19.3 Å². The Morgan fingerprint density at radius 3 is 1.97 bits per heavy atom. The first-order chi connectivity index (χ1) is 15.2. The largest absolute Gasteiger partial charge is 0.371 e. The normalized spacial score (nSPS) is 15.4. The van der Waals surface area contributed by atoms with Crippen LogP contribution in [0.25, 0.3) is 0 Å². The van der Waals surface area contributed by atoms with Gasteiger partial charge in [-0.05, 0) is 31.7 Å². The molecule has 1 heterocycles. The molecule has 2 aromatic carbocycles. The molecule has 5 nitrogen and oxygen atoms in total. The lowest BCUT2D eigenvalue weighted by Gasteiger charge is -2.30. The van der Waals surface area contributed by atoms with E-state index in [1.807, 2.05) is 0 Å². The van der Waals surface area contributed by atoms with E-state index in [4.69, 9.17) is 0 Å². The van der Waals surface area contributed by atoms with Gasteiger partial charge in [0.15, 0.2) is 23.3 Å². The van der Waals surface area contributed by atoms with Crippen LogP contribution in [0.1, 0.15) is 48.0 Å². The molecular weight excluding hydrogens is 435 g/mol. The van der Waals surface area contributed by atoms with Crippen LogP contribution in [0, 0.1) is 29.1 Å². The summed E-state index contributed by atoms with van der Waals surface area (Å²) in [6.07, 6.45) is 2.66. The van der Waals surface area contributed by atoms with Crippen LogP contribution in [0.2, 0.25) is 0 Å². The summed E-state index contributed by atoms with van der Waals surface area (Å²) >= 11 is 0. The number of rotatable bonds is 5. The summed E-state index contributed by atoms with van der Waals surface area (Å²) in [5.74, 6) is -14.8. The molecule has 32 heavy (non-hydrogen) atoms. The highest BCUT2D eigenvalue weighted by Gasteiger charge is 2.32. The Labute approximate surface area is 180 Å². The summed E-state index contributed by atoms with van der Waals surface area (Å²) < 4.78 is 67.6. The zero-order valence-corrected chi connectivity index (χ0v) is 17.0. The van der Waals surface area contributed by atoms with E-state index in [9.17, 15) is 31.5 Å². The number of piperidine rings is 1. The Morgan fingerprint density at radius 1 is 0.875 bits per heavy atom. The van der Waals surface area contributed by atoms with Crippen LogP contribution in [0.15, 0.2) is 35.5 Å². The van der Waals surface area contributed by atoms with Crippen molar-refractivity contribution < 1.29 is 36.4 Å². The summed E-state index contributed by atoms with van der Waals surface area (Å²) in [5.41, 5.74) is -1.25. The van der Waals surface area contributed by atoms with Gasteiger partial charge in [-0.3, -0.25) is 4.79 Å². The van der Waals surface area contributed by atoms with Crippen LogP contribution in [-0.2, 0) is 9.63 Å².